The Bertz CT molecular complexity index is 733. The van der Waals surface area contributed by atoms with Gasteiger partial charge in [-0.15, -0.1) is 0 Å². The van der Waals surface area contributed by atoms with E-state index in [-0.39, 0.29) is 6.61 Å². The lowest BCUT2D eigenvalue weighted by Gasteiger charge is -2.16. The van der Waals surface area contributed by atoms with E-state index in [4.69, 9.17) is 9.47 Å². The number of benzene rings is 2. The molecule has 0 radical (unpaired) electrons. The molecule has 132 valence electrons. The molecule has 6 heteroatoms. The summed E-state index contributed by atoms with van der Waals surface area (Å²) in [6, 6.07) is 14.6. The summed E-state index contributed by atoms with van der Waals surface area (Å²) >= 11 is 3.38. The quantitative estimate of drug-likeness (QED) is 0.704. The second kappa shape index (κ2) is 9.22. The first-order valence-corrected chi connectivity index (χ1v) is 8.73. The first-order valence-electron chi connectivity index (χ1n) is 7.94. The van der Waals surface area contributed by atoms with Crippen molar-refractivity contribution in [1.82, 2.24) is 0 Å². The molecule has 2 aromatic carbocycles. The van der Waals surface area contributed by atoms with E-state index in [1.165, 1.54) is 0 Å². The van der Waals surface area contributed by atoms with Gasteiger partial charge in [-0.3, -0.25) is 4.79 Å². The summed E-state index contributed by atoms with van der Waals surface area (Å²) in [7, 11) is 0. The lowest BCUT2D eigenvalue weighted by atomic mass is 10.2. The number of esters is 1. The first kappa shape index (κ1) is 19.0. The van der Waals surface area contributed by atoms with Crippen molar-refractivity contribution >= 4 is 33.5 Å². The molecule has 0 aromatic heterocycles. The molecule has 0 saturated heterocycles. The number of carbonyl (C=O) groups excluding carboxylic acids is 2. The van der Waals surface area contributed by atoms with E-state index in [9.17, 15) is 9.59 Å². The van der Waals surface area contributed by atoms with Crippen molar-refractivity contribution in [2.75, 3.05) is 11.9 Å². The highest BCUT2D eigenvalue weighted by atomic mass is 79.9. The van der Waals surface area contributed by atoms with Crippen LogP contribution in [0.15, 0.2) is 53.0 Å². The molecule has 0 fully saturated rings. The molecule has 0 aliphatic carbocycles. The maximum Gasteiger partial charge on any atom is 0.347 e. The second-order valence-corrected chi connectivity index (χ2v) is 6.32. The van der Waals surface area contributed by atoms with E-state index >= 15 is 0 Å². The fraction of sp³-hybridized carbons (Fsp3) is 0.263. The molecule has 0 saturated carbocycles. The molecule has 0 spiro atoms. The minimum Gasteiger partial charge on any atom is -0.479 e. The summed E-state index contributed by atoms with van der Waals surface area (Å²) in [4.78, 5) is 24.1. The molecule has 2 rings (SSSR count). The zero-order valence-electron chi connectivity index (χ0n) is 14.1. The van der Waals surface area contributed by atoms with Crippen LogP contribution in [-0.2, 0) is 14.3 Å². The third-order valence-electron chi connectivity index (χ3n) is 3.40. The monoisotopic (exact) mass is 405 g/mol. The normalized spacial score (nSPS) is 11.5. The predicted octanol–water partition coefficient (Wildman–Crippen LogP) is 4.10. The lowest BCUT2D eigenvalue weighted by molar-refractivity contribution is -0.154. The van der Waals surface area contributed by atoms with E-state index in [0.29, 0.717) is 17.9 Å². The Morgan fingerprint density at radius 2 is 1.88 bits per heavy atom. The molecule has 1 N–H and O–H groups in total. The summed E-state index contributed by atoms with van der Waals surface area (Å²) in [5, 5.41) is 2.70. The van der Waals surface area contributed by atoms with Crippen molar-refractivity contribution in [3.05, 3.63) is 58.6 Å². The number of hydrogen-bond acceptors (Lipinski definition) is 4. The van der Waals surface area contributed by atoms with Crippen molar-refractivity contribution in [1.29, 1.82) is 0 Å². The van der Waals surface area contributed by atoms with E-state index in [1.54, 1.807) is 18.2 Å². The minimum atomic E-state index is -0.749. The second-order valence-electron chi connectivity index (χ2n) is 5.47. The van der Waals surface area contributed by atoms with Crippen LogP contribution in [0.2, 0.25) is 0 Å². The predicted molar refractivity (Wildman–Crippen MR) is 99.6 cm³/mol. The molecule has 1 atom stereocenters. The Morgan fingerprint density at radius 3 is 2.52 bits per heavy atom. The number of hydrogen-bond donors (Lipinski definition) is 1. The van der Waals surface area contributed by atoms with Gasteiger partial charge >= 0.3 is 5.97 Å². The molecule has 0 unspecified atom stereocenters. The fourth-order valence-electron chi connectivity index (χ4n) is 2.10. The average molecular weight is 406 g/mol. The van der Waals surface area contributed by atoms with Crippen LogP contribution >= 0.6 is 15.9 Å². The highest BCUT2D eigenvalue weighted by Crippen LogP contribution is 2.23. The molecular weight excluding hydrogens is 386 g/mol. The third kappa shape index (κ3) is 5.90. The van der Waals surface area contributed by atoms with Crippen molar-refractivity contribution < 1.29 is 19.1 Å². The molecule has 2 aromatic rings. The molecule has 1 amide bonds. The van der Waals surface area contributed by atoms with Crippen LogP contribution in [0.5, 0.6) is 5.75 Å². The van der Waals surface area contributed by atoms with Crippen molar-refractivity contribution in [2.24, 2.45) is 0 Å². The van der Waals surface area contributed by atoms with Crippen molar-refractivity contribution in [3.63, 3.8) is 0 Å². The Morgan fingerprint density at radius 1 is 1.16 bits per heavy atom. The van der Waals surface area contributed by atoms with E-state index in [1.807, 2.05) is 44.2 Å². The minimum absolute atomic E-state index is 0.367. The summed E-state index contributed by atoms with van der Waals surface area (Å²) in [5.41, 5.74) is 1.69. The molecule has 0 aliphatic heterocycles. The molecule has 0 aliphatic rings. The van der Waals surface area contributed by atoms with Crippen LogP contribution in [0.3, 0.4) is 0 Å². The fourth-order valence-corrected chi connectivity index (χ4v) is 2.69. The van der Waals surface area contributed by atoms with Crippen LogP contribution in [0.4, 0.5) is 5.69 Å². The van der Waals surface area contributed by atoms with E-state index in [0.717, 1.165) is 10.0 Å². The van der Waals surface area contributed by atoms with Gasteiger partial charge in [0, 0.05) is 4.47 Å². The van der Waals surface area contributed by atoms with Crippen molar-refractivity contribution in [2.45, 2.75) is 26.4 Å². The zero-order valence-corrected chi connectivity index (χ0v) is 15.7. The van der Waals surface area contributed by atoms with Gasteiger partial charge in [0.25, 0.3) is 5.91 Å². The Labute approximate surface area is 155 Å². The van der Waals surface area contributed by atoms with Gasteiger partial charge in [-0.1, -0.05) is 31.2 Å². The van der Waals surface area contributed by atoms with Crippen LogP contribution < -0.4 is 10.1 Å². The van der Waals surface area contributed by atoms with E-state index in [2.05, 4.69) is 21.2 Å². The van der Waals surface area contributed by atoms with Gasteiger partial charge in [0.2, 0.25) is 0 Å². The van der Waals surface area contributed by atoms with Crippen molar-refractivity contribution in [3.8, 4) is 5.75 Å². The molecule has 25 heavy (non-hydrogen) atoms. The average Bonchev–Trinajstić information content (AvgIpc) is 2.61. The van der Waals surface area contributed by atoms with Gasteiger partial charge in [0.05, 0.1) is 5.69 Å². The smallest absolute Gasteiger partial charge is 0.347 e. The molecule has 0 bridgehead atoms. The number of para-hydroxylation sites is 1. The highest BCUT2D eigenvalue weighted by Gasteiger charge is 2.21. The topological polar surface area (TPSA) is 64.6 Å². The largest absolute Gasteiger partial charge is 0.479 e. The van der Waals surface area contributed by atoms with Crippen LogP contribution in [-0.4, -0.2) is 24.6 Å². The van der Waals surface area contributed by atoms with Crippen LogP contribution in [0, 0.1) is 6.92 Å². The maximum absolute atomic E-state index is 12.1. The molecule has 5 nitrogen and oxygen atoms in total. The Kier molecular flexibility index (Phi) is 7.01. The van der Waals surface area contributed by atoms with Gasteiger partial charge in [-0.2, -0.15) is 0 Å². The number of rotatable bonds is 7. The summed E-state index contributed by atoms with van der Waals surface area (Å²) in [5.74, 6) is -0.392. The number of ether oxygens (including phenoxy) is 2. The Hall–Kier alpha value is -2.34. The number of carbonyl (C=O) groups is 2. The Balaban J connectivity index is 1.86. The molecular formula is C19H20BrNO4. The van der Waals surface area contributed by atoms with Gasteiger partial charge < -0.3 is 14.8 Å². The van der Waals surface area contributed by atoms with Crippen LogP contribution in [0.25, 0.3) is 0 Å². The standard InChI is InChI=1S/C19H20BrNO4/c1-3-17(25-14-7-5-4-6-8-14)19(23)24-12-18(22)21-16-10-9-13(2)11-15(16)20/h4-11,17H,3,12H2,1-2H3,(H,21,22)/t17-/m1/s1. The van der Waals surface area contributed by atoms with Gasteiger partial charge in [-0.25, -0.2) is 4.79 Å². The summed E-state index contributed by atoms with van der Waals surface area (Å²) < 4.78 is 11.4. The van der Waals surface area contributed by atoms with Gasteiger partial charge in [-0.05, 0) is 59.1 Å². The number of anilines is 1. The number of amides is 1. The third-order valence-corrected chi connectivity index (χ3v) is 4.06. The summed E-state index contributed by atoms with van der Waals surface area (Å²) in [6.45, 7) is 3.40. The van der Waals surface area contributed by atoms with Crippen LogP contribution in [0.1, 0.15) is 18.9 Å². The highest BCUT2D eigenvalue weighted by molar-refractivity contribution is 9.10. The lowest BCUT2D eigenvalue weighted by Crippen LogP contribution is -2.31. The zero-order chi connectivity index (χ0) is 18.2. The number of nitrogens with one attached hydrogen (secondary N) is 1. The van der Waals surface area contributed by atoms with E-state index < -0.39 is 18.0 Å². The number of halogens is 1. The number of aryl methyl sites for hydroxylation is 1. The SMILES string of the molecule is CC[C@@H](Oc1ccccc1)C(=O)OCC(=O)Nc1ccc(C)cc1Br. The van der Waals surface area contributed by atoms with Gasteiger partial charge in [0.1, 0.15) is 5.75 Å². The summed E-state index contributed by atoms with van der Waals surface area (Å²) in [6.07, 6.45) is -0.305. The maximum atomic E-state index is 12.1. The molecule has 0 heterocycles. The first-order chi connectivity index (χ1) is 12.0. The van der Waals surface area contributed by atoms with Gasteiger partial charge in [0.15, 0.2) is 12.7 Å².